The first kappa shape index (κ1) is 10.1. The lowest BCUT2D eigenvalue weighted by Crippen LogP contribution is -1.80. The summed E-state index contributed by atoms with van der Waals surface area (Å²) in [6.07, 6.45) is 2.05. The molecule has 2 rings (SSSR count). The van der Waals surface area contributed by atoms with Gasteiger partial charge in [0.2, 0.25) is 0 Å². The molecule has 0 unspecified atom stereocenters. The standard InChI is InChI=1S/C12H10FNS/c1-9(13)6-10-7-12(15-8-10)11-4-2-3-5-14-11/h2-5,7-8H,1,6H2. The Hall–Kier alpha value is -1.48. The first-order chi connectivity index (χ1) is 7.25. The largest absolute Gasteiger partial charge is 0.255 e. The number of pyridine rings is 1. The SMILES string of the molecule is C=C(F)Cc1csc(-c2ccccn2)c1. The summed E-state index contributed by atoms with van der Waals surface area (Å²) >= 11 is 1.57. The number of allylic oxidation sites excluding steroid dienone is 1. The topological polar surface area (TPSA) is 12.9 Å². The van der Waals surface area contributed by atoms with Crippen LogP contribution < -0.4 is 0 Å². The van der Waals surface area contributed by atoms with E-state index >= 15 is 0 Å². The van der Waals surface area contributed by atoms with Crippen LogP contribution in [0.3, 0.4) is 0 Å². The Morgan fingerprint density at radius 1 is 1.47 bits per heavy atom. The Labute approximate surface area is 91.9 Å². The van der Waals surface area contributed by atoms with Gasteiger partial charge in [0.15, 0.2) is 0 Å². The Morgan fingerprint density at radius 3 is 3.00 bits per heavy atom. The van der Waals surface area contributed by atoms with Crippen LogP contribution in [0.25, 0.3) is 10.6 Å². The molecule has 0 spiro atoms. The number of thiophene rings is 1. The van der Waals surface area contributed by atoms with Crippen LogP contribution >= 0.6 is 11.3 Å². The third-order valence-corrected chi connectivity index (χ3v) is 2.97. The zero-order valence-corrected chi connectivity index (χ0v) is 8.93. The summed E-state index contributed by atoms with van der Waals surface area (Å²) in [5, 5.41) is 1.94. The van der Waals surface area contributed by atoms with Gasteiger partial charge in [-0.05, 0) is 29.1 Å². The van der Waals surface area contributed by atoms with Crippen molar-refractivity contribution in [1.82, 2.24) is 4.98 Å². The van der Waals surface area contributed by atoms with Crippen molar-refractivity contribution >= 4 is 11.3 Å². The zero-order chi connectivity index (χ0) is 10.7. The predicted octanol–water partition coefficient (Wildman–Crippen LogP) is 3.84. The predicted molar refractivity (Wildman–Crippen MR) is 61.5 cm³/mol. The molecule has 3 heteroatoms. The molecule has 0 aliphatic heterocycles. The molecule has 0 aliphatic rings. The second kappa shape index (κ2) is 4.36. The van der Waals surface area contributed by atoms with E-state index in [1.54, 1.807) is 17.5 Å². The fourth-order valence-corrected chi connectivity index (χ4v) is 2.22. The molecule has 2 aromatic rings. The Morgan fingerprint density at radius 2 is 2.33 bits per heavy atom. The minimum atomic E-state index is -0.305. The molecule has 76 valence electrons. The normalized spacial score (nSPS) is 10.2. The highest BCUT2D eigenvalue weighted by atomic mass is 32.1. The van der Waals surface area contributed by atoms with Crippen LogP contribution in [0.2, 0.25) is 0 Å². The van der Waals surface area contributed by atoms with Gasteiger partial charge in [0.1, 0.15) is 0 Å². The van der Waals surface area contributed by atoms with E-state index in [-0.39, 0.29) is 5.83 Å². The number of rotatable bonds is 3. The van der Waals surface area contributed by atoms with Gasteiger partial charge in [-0.2, -0.15) is 0 Å². The van der Waals surface area contributed by atoms with Crippen LogP contribution in [0.1, 0.15) is 5.56 Å². The van der Waals surface area contributed by atoms with E-state index < -0.39 is 0 Å². The summed E-state index contributed by atoms with van der Waals surface area (Å²) in [7, 11) is 0. The van der Waals surface area contributed by atoms with E-state index in [1.165, 1.54) is 0 Å². The third kappa shape index (κ3) is 2.50. The average Bonchev–Trinajstić information content (AvgIpc) is 2.67. The van der Waals surface area contributed by atoms with E-state index in [4.69, 9.17) is 0 Å². The number of hydrogen-bond donors (Lipinski definition) is 0. The Balaban J connectivity index is 2.24. The van der Waals surface area contributed by atoms with Crippen LogP contribution in [0, 0.1) is 0 Å². The second-order valence-corrected chi connectivity index (χ2v) is 4.14. The Bertz CT molecular complexity index is 461. The lowest BCUT2D eigenvalue weighted by atomic mass is 10.2. The molecule has 15 heavy (non-hydrogen) atoms. The highest BCUT2D eigenvalue weighted by Gasteiger charge is 2.04. The quantitative estimate of drug-likeness (QED) is 0.764. The van der Waals surface area contributed by atoms with Crippen molar-refractivity contribution < 1.29 is 4.39 Å². The molecule has 0 atom stereocenters. The van der Waals surface area contributed by atoms with E-state index in [0.29, 0.717) is 6.42 Å². The first-order valence-electron chi connectivity index (χ1n) is 4.58. The molecule has 1 nitrogen and oxygen atoms in total. The van der Waals surface area contributed by atoms with Crippen molar-refractivity contribution in [2.24, 2.45) is 0 Å². The Kier molecular flexibility index (Phi) is 2.92. The van der Waals surface area contributed by atoms with Gasteiger partial charge in [-0.1, -0.05) is 12.6 Å². The van der Waals surface area contributed by atoms with Crippen LogP contribution in [0.15, 0.2) is 48.2 Å². The highest BCUT2D eigenvalue weighted by molar-refractivity contribution is 7.13. The summed E-state index contributed by atoms with van der Waals surface area (Å²) in [5.41, 5.74) is 1.88. The fraction of sp³-hybridized carbons (Fsp3) is 0.0833. The zero-order valence-electron chi connectivity index (χ0n) is 8.11. The first-order valence-corrected chi connectivity index (χ1v) is 5.46. The molecule has 0 aliphatic carbocycles. The third-order valence-electron chi connectivity index (χ3n) is 1.97. The van der Waals surface area contributed by atoms with Gasteiger partial charge < -0.3 is 0 Å². The number of nitrogens with zero attached hydrogens (tertiary/aromatic N) is 1. The van der Waals surface area contributed by atoms with Crippen LogP contribution in [0.5, 0.6) is 0 Å². The summed E-state index contributed by atoms with van der Waals surface area (Å²) in [6.45, 7) is 3.25. The molecule has 0 bridgehead atoms. The summed E-state index contributed by atoms with van der Waals surface area (Å²) in [4.78, 5) is 5.30. The van der Waals surface area contributed by atoms with Crippen LogP contribution in [0.4, 0.5) is 4.39 Å². The number of aromatic nitrogens is 1. The van der Waals surface area contributed by atoms with Gasteiger partial charge in [-0.3, -0.25) is 4.98 Å². The molecular formula is C12H10FNS. The molecule has 0 saturated heterocycles. The van der Waals surface area contributed by atoms with Crippen molar-refractivity contribution in [3.05, 3.63) is 53.8 Å². The number of halogens is 1. The van der Waals surface area contributed by atoms with Gasteiger partial charge in [0.05, 0.1) is 16.4 Å². The van der Waals surface area contributed by atoms with Gasteiger partial charge in [0.25, 0.3) is 0 Å². The molecule has 0 radical (unpaired) electrons. The minimum Gasteiger partial charge on any atom is -0.255 e. The van der Waals surface area contributed by atoms with Crippen molar-refractivity contribution in [2.75, 3.05) is 0 Å². The monoisotopic (exact) mass is 219 g/mol. The average molecular weight is 219 g/mol. The molecule has 2 heterocycles. The maximum absolute atomic E-state index is 12.6. The minimum absolute atomic E-state index is 0.295. The fourth-order valence-electron chi connectivity index (χ4n) is 1.33. The second-order valence-electron chi connectivity index (χ2n) is 3.23. The van der Waals surface area contributed by atoms with Crippen molar-refractivity contribution in [3.63, 3.8) is 0 Å². The van der Waals surface area contributed by atoms with E-state index in [0.717, 1.165) is 16.1 Å². The van der Waals surface area contributed by atoms with Crippen LogP contribution in [-0.2, 0) is 6.42 Å². The van der Waals surface area contributed by atoms with Gasteiger partial charge >= 0.3 is 0 Å². The number of hydrogen-bond acceptors (Lipinski definition) is 2. The van der Waals surface area contributed by atoms with Gasteiger partial charge in [-0.15, -0.1) is 11.3 Å². The summed E-state index contributed by atoms with van der Waals surface area (Å²) in [5.74, 6) is -0.305. The van der Waals surface area contributed by atoms with Gasteiger partial charge in [-0.25, -0.2) is 4.39 Å². The van der Waals surface area contributed by atoms with Crippen molar-refractivity contribution in [2.45, 2.75) is 6.42 Å². The van der Waals surface area contributed by atoms with E-state index in [2.05, 4.69) is 11.6 Å². The van der Waals surface area contributed by atoms with Gasteiger partial charge in [0, 0.05) is 12.6 Å². The smallest absolute Gasteiger partial charge is 0.0972 e. The molecular weight excluding hydrogens is 209 g/mol. The van der Waals surface area contributed by atoms with Crippen LogP contribution in [-0.4, -0.2) is 4.98 Å². The molecule has 0 amide bonds. The highest BCUT2D eigenvalue weighted by Crippen LogP contribution is 2.26. The molecule has 0 fully saturated rings. The molecule has 2 aromatic heterocycles. The molecule has 0 aromatic carbocycles. The lowest BCUT2D eigenvalue weighted by Gasteiger charge is -1.93. The van der Waals surface area contributed by atoms with E-state index in [9.17, 15) is 4.39 Å². The molecule has 0 N–H and O–H groups in total. The lowest BCUT2D eigenvalue weighted by molar-refractivity contribution is 0.617. The summed E-state index contributed by atoms with van der Waals surface area (Å²) < 4.78 is 12.6. The maximum atomic E-state index is 12.6. The van der Waals surface area contributed by atoms with Crippen molar-refractivity contribution in [1.29, 1.82) is 0 Å². The van der Waals surface area contributed by atoms with E-state index in [1.807, 2.05) is 29.6 Å². The van der Waals surface area contributed by atoms with Crippen molar-refractivity contribution in [3.8, 4) is 10.6 Å². The molecule has 0 saturated carbocycles. The summed E-state index contributed by atoms with van der Waals surface area (Å²) in [6, 6.07) is 7.72. The maximum Gasteiger partial charge on any atom is 0.0972 e.